The van der Waals surface area contributed by atoms with E-state index in [0.29, 0.717) is 18.1 Å². The van der Waals surface area contributed by atoms with Crippen LogP contribution >= 0.6 is 11.6 Å². The number of aromatic nitrogens is 1. The number of rotatable bonds is 6. The second kappa shape index (κ2) is 7.84. The van der Waals surface area contributed by atoms with E-state index in [2.05, 4.69) is 10.3 Å². The van der Waals surface area contributed by atoms with Gasteiger partial charge in [-0.1, -0.05) is 24.6 Å². The quantitative estimate of drug-likeness (QED) is 0.612. The van der Waals surface area contributed by atoms with Crippen molar-refractivity contribution in [1.82, 2.24) is 10.3 Å². The van der Waals surface area contributed by atoms with Gasteiger partial charge < -0.3 is 10.4 Å². The van der Waals surface area contributed by atoms with Gasteiger partial charge in [-0.15, -0.1) is 0 Å². The Kier molecular flexibility index (Phi) is 6.39. The molecule has 0 saturated heterocycles. The van der Waals surface area contributed by atoms with Gasteiger partial charge in [0.15, 0.2) is 0 Å². The molecule has 0 aliphatic rings. The van der Waals surface area contributed by atoms with Gasteiger partial charge in [-0.3, -0.25) is 4.79 Å². The van der Waals surface area contributed by atoms with Crippen LogP contribution < -0.4 is 5.32 Å². The van der Waals surface area contributed by atoms with E-state index in [0.717, 1.165) is 5.56 Å². The minimum atomic E-state index is -0.158. The van der Waals surface area contributed by atoms with Gasteiger partial charge in [0.05, 0.1) is 0 Å². The van der Waals surface area contributed by atoms with Crippen LogP contribution in [0.3, 0.4) is 0 Å². The summed E-state index contributed by atoms with van der Waals surface area (Å²) in [5.74, 6) is 0.110. The van der Waals surface area contributed by atoms with Crippen molar-refractivity contribution in [3.05, 3.63) is 35.1 Å². The van der Waals surface area contributed by atoms with Crippen molar-refractivity contribution in [2.24, 2.45) is 5.92 Å². The molecule has 18 heavy (non-hydrogen) atoms. The first-order chi connectivity index (χ1) is 8.61. The lowest BCUT2D eigenvalue weighted by Gasteiger charge is -2.09. The van der Waals surface area contributed by atoms with Crippen LogP contribution in [-0.4, -0.2) is 29.1 Å². The van der Waals surface area contributed by atoms with Gasteiger partial charge in [0.2, 0.25) is 5.91 Å². The molecule has 4 nitrogen and oxygen atoms in total. The molecule has 0 saturated carbocycles. The first-order valence-electron chi connectivity index (χ1n) is 5.80. The van der Waals surface area contributed by atoms with Gasteiger partial charge in [-0.2, -0.15) is 0 Å². The third-order valence-corrected chi connectivity index (χ3v) is 2.65. The molecule has 1 aromatic rings. The standard InChI is InChI=1S/C13H17ClN2O2/c1-10(6-7-17)8-16-13(18)5-3-11-2-4-12(14)15-9-11/h2-5,9-10,17H,6-8H2,1H3,(H,16,18)/b5-3+. The molecule has 1 rings (SSSR count). The molecule has 1 unspecified atom stereocenters. The summed E-state index contributed by atoms with van der Waals surface area (Å²) in [6.45, 7) is 2.68. The van der Waals surface area contributed by atoms with E-state index >= 15 is 0 Å². The third kappa shape index (κ3) is 5.80. The molecule has 0 aromatic carbocycles. The highest BCUT2D eigenvalue weighted by molar-refractivity contribution is 6.29. The minimum Gasteiger partial charge on any atom is -0.396 e. The Morgan fingerprint density at radius 3 is 3.00 bits per heavy atom. The monoisotopic (exact) mass is 268 g/mol. The molecule has 0 aliphatic carbocycles. The number of nitrogens with zero attached hydrogens (tertiary/aromatic N) is 1. The van der Waals surface area contributed by atoms with Crippen molar-refractivity contribution in [2.45, 2.75) is 13.3 Å². The van der Waals surface area contributed by atoms with Gasteiger partial charge in [0.1, 0.15) is 5.15 Å². The van der Waals surface area contributed by atoms with Crippen molar-refractivity contribution in [3.63, 3.8) is 0 Å². The topological polar surface area (TPSA) is 62.2 Å². The van der Waals surface area contributed by atoms with Gasteiger partial charge in [-0.05, 0) is 30.0 Å². The first kappa shape index (κ1) is 14.7. The molecule has 1 atom stereocenters. The number of carbonyl (C=O) groups excluding carboxylic acids is 1. The number of aliphatic hydroxyl groups is 1. The molecule has 0 fully saturated rings. The Hall–Kier alpha value is -1.39. The van der Waals surface area contributed by atoms with Crippen molar-refractivity contribution in [1.29, 1.82) is 0 Å². The smallest absolute Gasteiger partial charge is 0.244 e. The second-order valence-electron chi connectivity index (χ2n) is 4.11. The van der Waals surface area contributed by atoms with E-state index in [1.54, 1.807) is 24.4 Å². The fraction of sp³-hybridized carbons (Fsp3) is 0.385. The number of halogens is 1. The molecular weight excluding hydrogens is 252 g/mol. The predicted molar refractivity (Wildman–Crippen MR) is 72.2 cm³/mol. The summed E-state index contributed by atoms with van der Waals surface area (Å²) in [5, 5.41) is 11.9. The Labute approximate surface area is 112 Å². The van der Waals surface area contributed by atoms with Crippen LogP contribution in [0.15, 0.2) is 24.4 Å². The number of aliphatic hydroxyl groups excluding tert-OH is 1. The molecule has 0 spiro atoms. The van der Waals surface area contributed by atoms with Crippen LogP contribution in [0.5, 0.6) is 0 Å². The molecule has 2 N–H and O–H groups in total. The molecular formula is C13H17ClN2O2. The maximum absolute atomic E-state index is 11.5. The Morgan fingerprint density at radius 1 is 1.61 bits per heavy atom. The summed E-state index contributed by atoms with van der Waals surface area (Å²) in [4.78, 5) is 15.4. The first-order valence-corrected chi connectivity index (χ1v) is 6.18. The highest BCUT2D eigenvalue weighted by Crippen LogP contribution is 2.06. The lowest BCUT2D eigenvalue weighted by atomic mass is 10.1. The number of hydrogen-bond donors (Lipinski definition) is 2. The van der Waals surface area contributed by atoms with E-state index in [1.807, 2.05) is 6.92 Å². The maximum atomic E-state index is 11.5. The molecule has 1 amide bonds. The summed E-state index contributed by atoms with van der Waals surface area (Å²) in [6, 6.07) is 3.45. The zero-order valence-electron chi connectivity index (χ0n) is 10.3. The molecule has 5 heteroatoms. The van der Waals surface area contributed by atoms with Crippen LogP contribution in [0.25, 0.3) is 6.08 Å². The summed E-state index contributed by atoms with van der Waals surface area (Å²) >= 11 is 5.65. The molecule has 0 aliphatic heterocycles. The SMILES string of the molecule is CC(CCO)CNC(=O)/C=C/c1ccc(Cl)nc1. The van der Waals surface area contributed by atoms with E-state index in [4.69, 9.17) is 16.7 Å². The largest absolute Gasteiger partial charge is 0.396 e. The average molecular weight is 269 g/mol. The van der Waals surface area contributed by atoms with Gasteiger partial charge >= 0.3 is 0 Å². The minimum absolute atomic E-state index is 0.142. The summed E-state index contributed by atoms with van der Waals surface area (Å²) < 4.78 is 0. The number of hydrogen-bond acceptors (Lipinski definition) is 3. The molecule has 0 bridgehead atoms. The zero-order valence-corrected chi connectivity index (χ0v) is 11.0. The Morgan fingerprint density at radius 2 is 2.39 bits per heavy atom. The zero-order chi connectivity index (χ0) is 13.4. The molecule has 0 radical (unpaired) electrons. The number of pyridine rings is 1. The van der Waals surface area contributed by atoms with Crippen LogP contribution in [0.2, 0.25) is 5.15 Å². The Bertz CT molecular complexity index is 404. The van der Waals surface area contributed by atoms with Crippen molar-refractivity contribution in [3.8, 4) is 0 Å². The van der Waals surface area contributed by atoms with Crippen LogP contribution in [-0.2, 0) is 4.79 Å². The summed E-state index contributed by atoms with van der Waals surface area (Å²) in [5.41, 5.74) is 0.818. The fourth-order valence-electron chi connectivity index (χ4n) is 1.31. The van der Waals surface area contributed by atoms with Crippen molar-refractivity contribution in [2.75, 3.05) is 13.2 Å². The lowest BCUT2D eigenvalue weighted by Crippen LogP contribution is -2.26. The number of carbonyl (C=O) groups is 1. The maximum Gasteiger partial charge on any atom is 0.244 e. The number of nitrogens with one attached hydrogen (secondary N) is 1. The summed E-state index contributed by atoms with van der Waals surface area (Å²) in [7, 11) is 0. The lowest BCUT2D eigenvalue weighted by molar-refractivity contribution is -0.116. The van der Waals surface area contributed by atoms with E-state index in [-0.39, 0.29) is 18.4 Å². The van der Waals surface area contributed by atoms with Gasteiger partial charge in [0.25, 0.3) is 0 Å². The second-order valence-corrected chi connectivity index (χ2v) is 4.50. The predicted octanol–water partition coefficient (Wildman–Crippen LogP) is 1.88. The van der Waals surface area contributed by atoms with Crippen LogP contribution in [0.4, 0.5) is 0 Å². The van der Waals surface area contributed by atoms with Gasteiger partial charge in [0, 0.05) is 25.4 Å². The Balaban J connectivity index is 2.37. The van der Waals surface area contributed by atoms with Crippen molar-refractivity contribution < 1.29 is 9.90 Å². The fourth-order valence-corrected chi connectivity index (χ4v) is 1.43. The normalized spacial score (nSPS) is 12.6. The van der Waals surface area contributed by atoms with E-state index in [9.17, 15) is 4.79 Å². The highest BCUT2D eigenvalue weighted by atomic mass is 35.5. The van der Waals surface area contributed by atoms with Crippen LogP contribution in [0.1, 0.15) is 18.9 Å². The summed E-state index contributed by atoms with van der Waals surface area (Å²) in [6.07, 6.45) is 5.41. The third-order valence-electron chi connectivity index (χ3n) is 2.42. The number of amides is 1. The van der Waals surface area contributed by atoms with E-state index < -0.39 is 0 Å². The average Bonchev–Trinajstić information content (AvgIpc) is 2.36. The van der Waals surface area contributed by atoms with E-state index in [1.165, 1.54) is 6.08 Å². The molecule has 1 heterocycles. The van der Waals surface area contributed by atoms with Crippen LogP contribution in [0, 0.1) is 5.92 Å². The highest BCUT2D eigenvalue weighted by Gasteiger charge is 2.02. The molecule has 1 aromatic heterocycles. The molecule has 98 valence electrons. The van der Waals surface area contributed by atoms with Crippen molar-refractivity contribution >= 4 is 23.6 Å². The van der Waals surface area contributed by atoms with Gasteiger partial charge in [-0.25, -0.2) is 4.98 Å².